The van der Waals surface area contributed by atoms with E-state index in [4.69, 9.17) is 4.98 Å². The zero-order valence-corrected chi connectivity index (χ0v) is 14.4. The van der Waals surface area contributed by atoms with Crippen LogP contribution in [0.25, 0.3) is 22.4 Å². The summed E-state index contributed by atoms with van der Waals surface area (Å²) in [6.45, 7) is 7.05. The van der Waals surface area contributed by atoms with Crippen molar-refractivity contribution >= 4 is 13.3 Å². The molecule has 2 aromatic carbocycles. The van der Waals surface area contributed by atoms with Gasteiger partial charge < -0.3 is 0 Å². The normalized spacial score (nSPS) is 11.4. The molecule has 1 nitrogen and oxygen atoms in total. The molecule has 0 saturated heterocycles. The highest BCUT2D eigenvalue weighted by Gasteiger charge is 2.17. The van der Waals surface area contributed by atoms with Gasteiger partial charge in [0, 0.05) is 11.8 Å². The van der Waals surface area contributed by atoms with E-state index in [2.05, 4.69) is 86.5 Å². The van der Waals surface area contributed by atoms with Crippen LogP contribution in [0.1, 0.15) is 0 Å². The fourth-order valence-electron chi connectivity index (χ4n) is 2.57. The van der Waals surface area contributed by atoms with Crippen LogP contribution in [0.5, 0.6) is 0 Å². The van der Waals surface area contributed by atoms with Gasteiger partial charge in [0.15, 0.2) is 0 Å². The van der Waals surface area contributed by atoms with Gasteiger partial charge in [0.05, 0.1) is 13.8 Å². The van der Waals surface area contributed by atoms with E-state index in [0.29, 0.717) is 0 Å². The second kappa shape index (κ2) is 5.89. The van der Waals surface area contributed by atoms with Crippen molar-refractivity contribution in [3.8, 4) is 22.4 Å². The third kappa shape index (κ3) is 3.02. The standard InChI is InChI=1S/C20H21NSi/c1-22(2,3)17-13-14-20(21-15-17)19-12-8-7-11-18(19)16-9-5-4-6-10-16/h4-15H,1-3H3. The number of rotatable bonds is 3. The molecule has 2 heteroatoms. The second-order valence-corrected chi connectivity index (χ2v) is 11.7. The lowest BCUT2D eigenvalue weighted by Gasteiger charge is -2.16. The maximum Gasteiger partial charge on any atom is 0.0796 e. The van der Waals surface area contributed by atoms with Gasteiger partial charge in [-0.25, -0.2) is 0 Å². The summed E-state index contributed by atoms with van der Waals surface area (Å²) in [5.74, 6) is 0. The van der Waals surface area contributed by atoms with Crippen molar-refractivity contribution < 1.29 is 0 Å². The van der Waals surface area contributed by atoms with Crippen molar-refractivity contribution in [1.82, 2.24) is 4.98 Å². The van der Waals surface area contributed by atoms with Crippen LogP contribution in [-0.4, -0.2) is 13.1 Å². The lowest BCUT2D eigenvalue weighted by molar-refractivity contribution is 1.34. The van der Waals surface area contributed by atoms with E-state index in [0.717, 1.165) is 5.69 Å². The van der Waals surface area contributed by atoms with E-state index >= 15 is 0 Å². The van der Waals surface area contributed by atoms with Crippen LogP contribution in [0.3, 0.4) is 0 Å². The molecule has 22 heavy (non-hydrogen) atoms. The summed E-state index contributed by atoms with van der Waals surface area (Å²) in [5, 5.41) is 1.40. The average molecular weight is 303 g/mol. The molecule has 0 fully saturated rings. The first-order valence-electron chi connectivity index (χ1n) is 7.67. The topological polar surface area (TPSA) is 12.9 Å². The minimum Gasteiger partial charge on any atom is -0.256 e. The molecular weight excluding hydrogens is 282 g/mol. The first-order valence-corrected chi connectivity index (χ1v) is 11.2. The quantitative estimate of drug-likeness (QED) is 0.623. The molecule has 0 radical (unpaired) electrons. The average Bonchev–Trinajstić information content (AvgIpc) is 2.55. The number of pyridine rings is 1. The molecule has 0 bridgehead atoms. The summed E-state index contributed by atoms with van der Waals surface area (Å²) >= 11 is 0. The molecule has 1 aromatic heterocycles. The van der Waals surface area contributed by atoms with E-state index in [1.54, 1.807) is 0 Å². The summed E-state index contributed by atoms with van der Waals surface area (Å²) in [7, 11) is -1.30. The summed E-state index contributed by atoms with van der Waals surface area (Å²) in [5.41, 5.74) is 4.70. The van der Waals surface area contributed by atoms with Crippen molar-refractivity contribution in [1.29, 1.82) is 0 Å². The van der Waals surface area contributed by atoms with Crippen molar-refractivity contribution in [3.63, 3.8) is 0 Å². The van der Waals surface area contributed by atoms with Gasteiger partial charge in [-0.2, -0.15) is 0 Å². The van der Waals surface area contributed by atoms with Gasteiger partial charge in [0.25, 0.3) is 0 Å². The summed E-state index contributed by atoms with van der Waals surface area (Å²) in [6, 6.07) is 23.4. The minimum absolute atomic E-state index is 1.04. The smallest absolute Gasteiger partial charge is 0.0796 e. The van der Waals surface area contributed by atoms with Crippen LogP contribution >= 0.6 is 0 Å². The summed E-state index contributed by atoms with van der Waals surface area (Å²) in [6.07, 6.45) is 2.06. The Morgan fingerprint density at radius 3 is 1.91 bits per heavy atom. The summed E-state index contributed by atoms with van der Waals surface area (Å²) in [4.78, 5) is 4.74. The van der Waals surface area contributed by atoms with Gasteiger partial charge in [-0.3, -0.25) is 4.98 Å². The Labute approximate surface area is 133 Å². The van der Waals surface area contributed by atoms with Crippen LogP contribution in [-0.2, 0) is 0 Å². The molecule has 0 unspecified atom stereocenters. The molecule has 0 amide bonds. The first-order chi connectivity index (χ1) is 10.6. The van der Waals surface area contributed by atoms with Gasteiger partial charge >= 0.3 is 0 Å². The molecule has 110 valence electrons. The number of hydrogen-bond acceptors (Lipinski definition) is 1. The maximum absolute atomic E-state index is 4.74. The Kier molecular flexibility index (Phi) is 3.95. The molecule has 1 heterocycles. The maximum atomic E-state index is 4.74. The Bertz CT molecular complexity index is 756. The lowest BCUT2D eigenvalue weighted by atomic mass is 9.97. The Morgan fingerprint density at radius 1 is 0.682 bits per heavy atom. The van der Waals surface area contributed by atoms with Gasteiger partial charge in [-0.15, -0.1) is 0 Å². The molecule has 0 aliphatic rings. The van der Waals surface area contributed by atoms with E-state index in [1.807, 2.05) is 6.07 Å². The molecule has 0 spiro atoms. The molecule has 3 rings (SSSR count). The van der Waals surface area contributed by atoms with Crippen LogP contribution in [0, 0.1) is 0 Å². The zero-order valence-electron chi connectivity index (χ0n) is 13.4. The largest absolute Gasteiger partial charge is 0.256 e. The second-order valence-electron chi connectivity index (χ2n) is 6.59. The lowest BCUT2D eigenvalue weighted by Crippen LogP contribution is -2.37. The Hall–Kier alpha value is -2.19. The summed E-state index contributed by atoms with van der Waals surface area (Å²) < 4.78 is 0. The fraction of sp³-hybridized carbons (Fsp3) is 0.150. The van der Waals surface area contributed by atoms with E-state index in [9.17, 15) is 0 Å². The number of benzene rings is 2. The predicted molar refractivity (Wildman–Crippen MR) is 98.1 cm³/mol. The van der Waals surface area contributed by atoms with E-state index in [-0.39, 0.29) is 0 Å². The third-order valence-corrected chi connectivity index (χ3v) is 5.95. The highest BCUT2D eigenvalue weighted by molar-refractivity contribution is 6.88. The Balaban J connectivity index is 2.06. The zero-order chi connectivity index (χ0) is 15.6. The number of aromatic nitrogens is 1. The van der Waals surface area contributed by atoms with Gasteiger partial charge in [-0.05, 0) is 22.4 Å². The van der Waals surface area contributed by atoms with E-state index < -0.39 is 8.07 Å². The molecule has 0 aliphatic carbocycles. The molecule has 0 saturated carbocycles. The fourth-order valence-corrected chi connectivity index (χ4v) is 3.61. The van der Waals surface area contributed by atoms with Crippen LogP contribution in [0.15, 0.2) is 72.9 Å². The van der Waals surface area contributed by atoms with E-state index in [1.165, 1.54) is 21.9 Å². The minimum atomic E-state index is -1.30. The van der Waals surface area contributed by atoms with Crippen molar-refractivity contribution in [3.05, 3.63) is 72.9 Å². The van der Waals surface area contributed by atoms with Gasteiger partial charge in [0.2, 0.25) is 0 Å². The predicted octanol–water partition coefficient (Wildman–Crippen LogP) is 4.96. The highest BCUT2D eigenvalue weighted by Crippen LogP contribution is 2.30. The van der Waals surface area contributed by atoms with Crippen LogP contribution < -0.4 is 5.19 Å². The van der Waals surface area contributed by atoms with Gasteiger partial charge in [0.1, 0.15) is 0 Å². The first kappa shape index (κ1) is 14.7. The van der Waals surface area contributed by atoms with Crippen molar-refractivity contribution in [2.75, 3.05) is 0 Å². The molecule has 0 aliphatic heterocycles. The Morgan fingerprint density at radius 2 is 1.32 bits per heavy atom. The SMILES string of the molecule is C[Si](C)(C)c1ccc(-c2ccccc2-c2ccccc2)nc1. The molecular formula is C20H21NSi. The molecule has 0 atom stereocenters. The van der Waals surface area contributed by atoms with Crippen molar-refractivity contribution in [2.45, 2.75) is 19.6 Å². The number of nitrogens with zero attached hydrogens (tertiary/aromatic N) is 1. The van der Waals surface area contributed by atoms with Crippen molar-refractivity contribution in [2.24, 2.45) is 0 Å². The third-order valence-electron chi connectivity index (χ3n) is 3.92. The molecule has 3 aromatic rings. The molecule has 0 N–H and O–H groups in total. The van der Waals surface area contributed by atoms with Crippen LogP contribution in [0.4, 0.5) is 0 Å². The highest BCUT2D eigenvalue weighted by atomic mass is 28.3. The number of hydrogen-bond donors (Lipinski definition) is 0. The van der Waals surface area contributed by atoms with Crippen LogP contribution in [0.2, 0.25) is 19.6 Å². The monoisotopic (exact) mass is 303 g/mol. The van der Waals surface area contributed by atoms with Gasteiger partial charge in [-0.1, -0.05) is 80.3 Å².